The molecule has 0 radical (unpaired) electrons. The van der Waals surface area contributed by atoms with Gasteiger partial charge in [0.15, 0.2) is 0 Å². The number of carbonyl (C=O) groups is 1. The molecule has 2 amide bonds. The first kappa shape index (κ1) is 11.8. The summed E-state index contributed by atoms with van der Waals surface area (Å²) < 4.78 is 0. The van der Waals surface area contributed by atoms with Crippen molar-refractivity contribution in [3.8, 4) is 6.07 Å². The summed E-state index contributed by atoms with van der Waals surface area (Å²) in [5, 5.41) is 11.2. The van der Waals surface area contributed by atoms with Gasteiger partial charge in [0, 0.05) is 19.6 Å². The lowest BCUT2D eigenvalue weighted by atomic mass is 10.2. The van der Waals surface area contributed by atoms with Crippen LogP contribution >= 0.6 is 0 Å². The van der Waals surface area contributed by atoms with Gasteiger partial charge in [-0.2, -0.15) is 5.26 Å². The molecule has 0 rings (SSSR count). The van der Waals surface area contributed by atoms with Crippen LogP contribution in [-0.2, 0) is 0 Å². The molecule has 0 aromatic carbocycles. The molecule has 0 aliphatic heterocycles. The molecule has 13 heavy (non-hydrogen) atoms. The molecule has 1 N–H and O–H groups in total. The normalized spacial score (nSPS) is 11.5. The molecule has 0 aromatic heterocycles. The third-order valence-electron chi connectivity index (χ3n) is 1.83. The largest absolute Gasteiger partial charge is 0.337 e. The van der Waals surface area contributed by atoms with Gasteiger partial charge in [0.1, 0.15) is 0 Å². The predicted molar refractivity (Wildman–Crippen MR) is 51.1 cm³/mol. The fourth-order valence-corrected chi connectivity index (χ4v) is 0.909. The van der Waals surface area contributed by atoms with Crippen LogP contribution in [0.25, 0.3) is 0 Å². The molecule has 1 atom stereocenters. The lowest BCUT2D eigenvalue weighted by Crippen LogP contribution is -2.41. The number of nitrogens with zero attached hydrogens (tertiary/aromatic N) is 2. The summed E-state index contributed by atoms with van der Waals surface area (Å²) in [5.41, 5.74) is 0. The molecule has 1 unspecified atom stereocenters. The van der Waals surface area contributed by atoms with E-state index in [0.717, 1.165) is 0 Å². The Morgan fingerprint density at radius 3 is 2.46 bits per heavy atom. The number of hydrogen-bond donors (Lipinski definition) is 1. The molecule has 0 aliphatic rings. The number of urea groups is 1. The molecule has 0 bridgehead atoms. The summed E-state index contributed by atoms with van der Waals surface area (Å²) >= 11 is 0. The van der Waals surface area contributed by atoms with Gasteiger partial charge in [0.05, 0.1) is 12.0 Å². The van der Waals surface area contributed by atoms with E-state index in [1.807, 2.05) is 13.8 Å². The molecule has 0 saturated heterocycles. The van der Waals surface area contributed by atoms with Gasteiger partial charge in [-0.25, -0.2) is 4.79 Å². The first-order valence-corrected chi connectivity index (χ1v) is 4.58. The maximum Gasteiger partial charge on any atom is 0.317 e. The van der Waals surface area contributed by atoms with E-state index >= 15 is 0 Å². The maximum atomic E-state index is 11.3. The Hall–Kier alpha value is -1.24. The fraction of sp³-hybridized carbons (Fsp3) is 0.778. The van der Waals surface area contributed by atoms with E-state index in [1.165, 1.54) is 0 Å². The Morgan fingerprint density at radius 2 is 2.08 bits per heavy atom. The van der Waals surface area contributed by atoms with Gasteiger partial charge in [0.2, 0.25) is 0 Å². The summed E-state index contributed by atoms with van der Waals surface area (Å²) in [6.45, 7) is 7.45. The SMILES string of the molecule is CCN(CC)C(=O)NCC(C)C#N. The molecular weight excluding hydrogens is 166 g/mol. The van der Waals surface area contributed by atoms with Crippen molar-refractivity contribution in [2.75, 3.05) is 19.6 Å². The Morgan fingerprint density at radius 1 is 1.54 bits per heavy atom. The summed E-state index contributed by atoms with van der Waals surface area (Å²) in [5.74, 6) is -0.125. The van der Waals surface area contributed by atoms with E-state index in [0.29, 0.717) is 19.6 Å². The number of carbonyl (C=O) groups excluding carboxylic acids is 1. The Labute approximate surface area is 79.5 Å². The third-order valence-corrected chi connectivity index (χ3v) is 1.83. The van der Waals surface area contributed by atoms with Crippen LogP contribution in [0.2, 0.25) is 0 Å². The number of nitrogens with one attached hydrogen (secondary N) is 1. The maximum absolute atomic E-state index is 11.3. The van der Waals surface area contributed by atoms with Crippen molar-refractivity contribution in [2.24, 2.45) is 5.92 Å². The second kappa shape index (κ2) is 6.30. The van der Waals surface area contributed by atoms with Crippen LogP contribution in [0, 0.1) is 17.2 Å². The zero-order valence-electron chi connectivity index (χ0n) is 8.50. The van der Waals surface area contributed by atoms with Crippen molar-refractivity contribution in [1.82, 2.24) is 10.2 Å². The van der Waals surface area contributed by atoms with E-state index in [2.05, 4.69) is 11.4 Å². The second-order valence-electron chi connectivity index (χ2n) is 2.89. The monoisotopic (exact) mass is 183 g/mol. The third kappa shape index (κ3) is 4.36. The summed E-state index contributed by atoms with van der Waals surface area (Å²) in [6, 6.07) is 1.97. The molecular formula is C9H17N3O. The molecule has 0 heterocycles. The van der Waals surface area contributed by atoms with Crippen molar-refractivity contribution in [3.63, 3.8) is 0 Å². The van der Waals surface area contributed by atoms with E-state index in [1.54, 1.807) is 11.8 Å². The minimum absolute atomic E-state index is 0.0906. The molecule has 74 valence electrons. The number of hydrogen-bond acceptors (Lipinski definition) is 2. The highest BCUT2D eigenvalue weighted by Gasteiger charge is 2.09. The molecule has 4 heteroatoms. The summed E-state index contributed by atoms with van der Waals surface area (Å²) in [6.07, 6.45) is 0. The zero-order chi connectivity index (χ0) is 10.3. The van der Waals surface area contributed by atoms with Crippen LogP contribution in [0.1, 0.15) is 20.8 Å². The van der Waals surface area contributed by atoms with Gasteiger partial charge in [-0.15, -0.1) is 0 Å². The highest BCUT2D eigenvalue weighted by molar-refractivity contribution is 5.74. The average Bonchev–Trinajstić information content (AvgIpc) is 2.16. The van der Waals surface area contributed by atoms with Crippen LogP contribution in [0.5, 0.6) is 0 Å². The lowest BCUT2D eigenvalue weighted by molar-refractivity contribution is 0.202. The zero-order valence-corrected chi connectivity index (χ0v) is 8.50. The fourth-order valence-electron chi connectivity index (χ4n) is 0.909. The van der Waals surface area contributed by atoms with Gasteiger partial charge in [-0.05, 0) is 20.8 Å². The number of nitriles is 1. The van der Waals surface area contributed by atoms with Gasteiger partial charge in [-0.1, -0.05) is 0 Å². The van der Waals surface area contributed by atoms with Crippen LogP contribution in [0.3, 0.4) is 0 Å². The van der Waals surface area contributed by atoms with Crippen molar-refractivity contribution in [3.05, 3.63) is 0 Å². The molecule has 4 nitrogen and oxygen atoms in total. The predicted octanol–water partition coefficient (Wildman–Crippen LogP) is 1.20. The smallest absolute Gasteiger partial charge is 0.317 e. The second-order valence-corrected chi connectivity index (χ2v) is 2.89. The highest BCUT2D eigenvalue weighted by Crippen LogP contribution is 1.91. The van der Waals surface area contributed by atoms with E-state index in [9.17, 15) is 4.79 Å². The van der Waals surface area contributed by atoms with Crippen LogP contribution in [-0.4, -0.2) is 30.6 Å². The lowest BCUT2D eigenvalue weighted by Gasteiger charge is -2.19. The van der Waals surface area contributed by atoms with Crippen LogP contribution in [0.4, 0.5) is 4.79 Å². The summed E-state index contributed by atoms with van der Waals surface area (Å²) in [4.78, 5) is 13.0. The first-order valence-electron chi connectivity index (χ1n) is 4.58. The Bertz CT molecular complexity index is 194. The van der Waals surface area contributed by atoms with Crippen molar-refractivity contribution < 1.29 is 4.79 Å². The Kier molecular flexibility index (Phi) is 5.69. The van der Waals surface area contributed by atoms with E-state index in [4.69, 9.17) is 5.26 Å². The van der Waals surface area contributed by atoms with E-state index < -0.39 is 0 Å². The van der Waals surface area contributed by atoms with Gasteiger partial charge in [-0.3, -0.25) is 0 Å². The number of amides is 2. The van der Waals surface area contributed by atoms with Gasteiger partial charge >= 0.3 is 6.03 Å². The molecule has 0 aliphatic carbocycles. The molecule has 0 saturated carbocycles. The van der Waals surface area contributed by atoms with Gasteiger partial charge < -0.3 is 10.2 Å². The first-order chi connectivity index (χ1) is 6.15. The molecule has 0 spiro atoms. The van der Waals surface area contributed by atoms with Crippen LogP contribution in [0.15, 0.2) is 0 Å². The minimum atomic E-state index is -0.125. The van der Waals surface area contributed by atoms with Crippen LogP contribution < -0.4 is 5.32 Å². The minimum Gasteiger partial charge on any atom is -0.337 e. The van der Waals surface area contributed by atoms with E-state index in [-0.39, 0.29) is 11.9 Å². The highest BCUT2D eigenvalue weighted by atomic mass is 16.2. The standard InChI is InChI=1S/C9H17N3O/c1-4-12(5-2)9(13)11-7-8(3)6-10/h8H,4-5,7H2,1-3H3,(H,11,13). The average molecular weight is 183 g/mol. The van der Waals surface area contributed by atoms with Crippen molar-refractivity contribution in [2.45, 2.75) is 20.8 Å². The summed E-state index contributed by atoms with van der Waals surface area (Å²) in [7, 11) is 0. The molecule has 0 fully saturated rings. The van der Waals surface area contributed by atoms with Crippen molar-refractivity contribution in [1.29, 1.82) is 5.26 Å². The van der Waals surface area contributed by atoms with Crippen molar-refractivity contribution >= 4 is 6.03 Å². The Balaban J connectivity index is 3.80. The van der Waals surface area contributed by atoms with Gasteiger partial charge in [0.25, 0.3) is 0 Å². The molecule has 0 aromatic rings. The quantitative estimate of drug-likeness (QED) is 0.712. The topological polar surface area (TPSA) is 56.1 Å². The number of rotatable bonds is 4.